The maximum Gasteiger partial charge on any atom is 0.252 e. The van der Waals surface area contributed by atoms with Gasteiger partial charge in [-0.2, -0.15) is 0 Å². The molecule has 2 aromatic heterocycles. The van der Waals surface area contributed by atoms with E-state index in [0.717, 1.165) is 90.1 Å². The van der Waals surface area contributed by atoms with E-state index >= 15 is 0 Å². The van der Waals surface area contributed by atoms with E-state index < -0.39 is 0 Å². The highest BCUT2D eigenvalue weighted by molar-refractivity contribution is 7.00. The summed E-state index contributed by atoms with van der Waals surface area (Å²) < 4.78 is 2.40. The molecular formula is C88H58BN5. The number of benzene rings is 14. The molecule has 0 atom stereocenters. The Morgan fingerprint density at radius 3 is 1.04 bits per heavy atom. The molecule has 14 aromatic carbocycles. The molecule has 0 radical (unpaired) electrons. The number of hydrogen-bond acceptors (Lipinski definition) is 4. The molecule has 438 valence electrons. The fraction of sp³-hybridized carbons (Fsp3) is 0. The van der Waals surface area contributed by atoms with E-state index in [1.807, 2.05) is 12.1 Å². The highest BCUT2D eigenvalue weighted by Crippen LogP contribution is 2.48. The summed E-state index contributed by atoms with van der Waals surface area (Å²) in [5.74, 6) is 0.681. The van der Waals surface area contributed by atoms with Crippen molar-refractivity contribution in [1.82, 2.24) is 14.5 Å². The fourth-order valence-electron chi connectivity index (χ4n) is 14.5. The zero-order valence-electron chi connectivity index (χ0n) is 51.3. The lowest BCUT2D eigenvalue weighted by molar-refractivity contribution is 1.16. The lowest BCUT2D eigenvalue weighted by Gasteiger charge is -2.44. The van der Waals surface area contributed by atoms with Crippen LogP contribution in [0, 0.1) is 0 Å². The van der Waals surface area contributed by atoms with Crippen LogP contribution in [0.15, 0.2) is 352 Å². The van der Waals surface area contributed by atoms with Crippen molar-refractivity contribution in [2.75, 3.05) is 9.80 Å². The predicted octanol–water partition coefficient (Wildman–Crippen LogP) is 21.0. The molecule has 18 rings (SSSR count). The zero-order chi connectivity index (χ0) is 62.1. The minimum absolute atomic E-state index is 0.131. The topological polar surface area (TPSA) is 37.2 Å². The van der Waals surface area contributed by atoms with Crippen molar-refractivity contribution >= 4 is 79.0 Å². The van der Waals surface area contributed by atoms with Gasteiger partial charge in [-0.3, -0.25) is 0 Å². The van der Waals surface area contributed by atoms with Crippen molar-refractivity contribution in [3.8, 4) is 95.2 Å². The van der Waals surface area contributed by atoms with Crippen molar-refractivity contribution in [2.24, 2.45) is 0 Å². The van der Waals surface area contributed by atoms with Crippen LogP contribution in [0.2, 0.25) is 0 Å². The molecule has 0 amide bonds. The molecule has 94 heavy (non-hydrogen) atoms. The van der Waals surface area contributed by atoms with E-state index in [1.54, 1.807) is 0 Å². The molecule has 16 aromatic rings. The van der Waals surface area contributed by atoms with Gasteiger partial charge in [-0.1, -0.05) is 255 Å². The van der Waals surface area contributed by atoms with Gasteiger partial charge in [0.2, 0.25) is 0 Å². The molecule has 0 fully saturated rings. The number of fused-ring (bicyclic) bond motifs is 7. The molecule has 0 saturated heterocycles. The van der Waals surface area contributed by atoms with Crippen molar-refractivity contribution < 1.29 is 0 Å². The molecule has 6 heteroatoms. The summed E-state index contributed by atoms with van der Waals surface area (Å²) in [4.78, 5) is 15.4. The molecular weight excluding hydrogens is 1140 g/mol. The van der Waals surface area contributed by atoms with Gasteiger partial charge >= 0.3 is 0 Å². The second-order valence-corrected chi connectivity index (χ2v) is 24.5. The average Bonchev–Trinajstić information content (AvgIpc) is 0.764. The summed E-state index contributed by atoms with van der Waals surface area (Å²) in [6.45, 7) is -0.131. The lowest BCUT2D eigenvalue weighted by atomic mass is 9.33. The molecule has 0 saturated carbocycles. The van der Waals surface area contributed by atoms with Crippen LogP contribution in [-0.2, 0) is 0 Å². The summed E-state index contributed by atoms with van der Waals surface area (Å²) in [7, 11) is 0. The van der Waals surface area contributed by atoms with E-state index in [4.69, 9.17) is 9.97 Å². The molecule has 0 unspecified atom stereocenters. The Hall–Kier alpha value is -12.4. The van der Waals surface area contributed by atoms with Gasteiger partial charge in [0.25, 0.3) is 6.71 Å². The monoisotopic (exact) mass is 1200 g/mol. The van der Waals surface area contributed by atoms with Gasteiger partial charge in [-0.25, -0.2) is 9.97 Å². The van der Waals surface area contributed by atoms with Gasteiger partial charge in [0.15, 0.2) is 5.82 Å². The predicted molar refractivity (Wildman–Crippen MR) is 394 cm³/mol. The van der Waals surface area contributed by atoms with Gasteiger partial charge in [-0.15, -0.1) is 0 Å². The molecule has 0 aliphatic carbocycles. The fourth-order valence-corrected chi connectivity index (χ4v) is 14.5. The Bertz CT molecular complexity index is 5250. The molecule has 2 aliphatic heterocycles. The van der Waals surface area contributed by atoms with E-state index in [-0.39, 0.29) is 6.71 Å². The molecule has 5 nitrogen and oxygen atoms in total. The zero-order valence-corrected chi connectivity index (χ0v) is 51.3. The number of para-hydroxylation sites is 1. The van der Waals surface area contributed by atoms with Crippen molar-refractivity contribution in [3.63, 3.8) is 0 Å². The Balaban J connectivity index is 0.839. The lowest BCUT2D eigenvalue weighted by Crippen LogP contribution is -2.61. The largest absolute Gasteiger partial charge is 0.311 e. The van der Waals surface area contributed by atoms with E-state index in [2.05, 4.69) is 354 Å². The first-order valence-electron chi connectivity index (χ1n) is 32.2. The minimum atomic E-state index is -0.131. The maximum absolute atomic E-state index is 5.18. The van der Waals surface area contributed by atoms with Crippen molar-refractivity contribution in [2.45, 2.75) is 0 Å². The van der Waals surface area contributed by atoms with Crippen molar-refractivity contribution in [3.05, 3.63) is 352 Å². The second-order valence-electron chi connectivity index (χ2n) is 24.5. The summed E-state index contributed by atoms with van der Waals surface area (Å²) in [5, 5.41) is 2.35. The third kappa shape index (κ3) is 9.50. The Morgan fingerprint density at radius 2 is 0.574 bits per heavy atom. The minimum Gasteiger partial charge on any atom is -0.311 e. The second kappa shape index (κ2) is 22.8. The maximum atomic E-state index is 5.18. The van der Waals surface area contributed by atoms with Crippen LogP contribution in [-0.4, -0.2) is 21.2 Å². The Labute approximate surface area is 547 Å². The summed E-state index contributed by atoms with van der Waals surface area (Å²) in [5.41, 5.74) is 30.4. The molecule has 4 heterocycles. The van der Waals surface area contributed by atoms with Gasteiger partial charge in [0, 0.05) is 67.3 Å². The standard InChI is InChI=1S/C88H58BN5/c1-7-21-59(22-8-1)63-35-44-73(45-36-63)93-83-51-42-69(61-25-11-3-12-26-61)54-77(83)89-78-55-70(62-27-13-4-14-28-62)43-52-84(78)94(74-46-37-64(38-47-74)60-23-9-2-10-24-60)86-57-71(56-85(93)87(86)89)68-41-50-82-76(53-68)75-33-19-20-34-81(75)92(82)72-48-39-67(40-49-72)88-90-79(65-29-15-5-16-30-65)58-80(91-88)66-31-17-6-18-32-66/h1-58H. The van der Waals surface area contributed by atoms with Crippen LogP contribution in [0.3, 0.4) is 0 Å². The van der Waals surface area contributed by atoms with Crippen LogP contribution in [0.5, 0.6) is 0 Å². The van der Waals surface area contributed by atoms with Crippen LogP contribution >= 0.6 is 0 Å². The van der Waals surface area contributed by atoms with Gasteiger partial charge in [0.1, 0.15) is 0 Å². The SMILES string of the molecule is c1ccc(-c2ccc(N3c4ccc(-c5ccccc5)cc4B4c5cc(-c6ccccc6)ccc5N(c5ccc(-c6ccccc6)cc5)c5cc(-c6ccc7c(c6)c6ccccc6n7-c6ccc(-c7nc(-c8ccccc8)cc(-c8ccccc8)n7)cc6)cc3c54)cc2)cc1. The first kappa shape index (κ1) is 54.5. The number of nitrogens with zero attached hydrogens (tertiary/aromatic N) is 5. The Kier molecular flexibility index (Phi) is 13.3. The Morgan fingerprint density at radius 1 is 0.223 bits per heavy atom. The highest BCUT2D eigenvalue weighted by Gasteiger charge is 2.44. The number of aromatic nitrogens is 3. The number of hydrogen-bond donors (Lipinski definition) is 0. The first-order chi connectivity index (χ1) is 46.6. The molecule has 0 spiro atoms. The number of anilines is 6. The van der Waals surface area contributed by atoms with E-state index in [0.29, 0.717) is 5.82 Å². The third-order valence-electron chi connectivity index (χ3n) is 19.0. The highest BCUT2D eigenvalue weighted by atomic mass is 15.2. The van der Waals surface area contributed by atoms with Gasteiger partial charge < -0.3 is 14.4 Å². The summed E-state index contributed by atoms with van der Waals surface area (Å²) in [6, 6.07) is 128. The molecule has 2 aliphatic rings. The third-order valence-corrected chi connectivity index (χ3v) is 19.0. The molecule has 0 bridgehead atoms. The summed E-state index contributed by atoms with van der Waals surface area (Å²) in [6.07, 6.45) is 0. The molecule has 0 N–H and O–H groups in total. The van der Waals surface area contributed by atoms with Gasteiger partial charge in [-0.05, 0) is 169 Å². The van der Waals surface area contributed by atoms with Gasteiger partial charge in [0.05, 0.1) is 22.4 Å². The van der Waals surface area contributed by atoms with E-state index in [9.17, 15) is 0 Å². The van der Waals surface area contributed by atoms with Crippen LogP contribution in [0.25, 0.3) is 117 Å². The summed E-state index contributed by atoms with van der Waals surface area (Å²) >= 11 is 0. The van der Waals surface area contributed by atoms with E-state index in [1.165, 1.54) is 71.7 Å². The first-order valence-corrected chi connectivity index (χ1v) is 32.2. The van der Waals surface area contributed by atoms with Crippen LogP contribution in [0.4, 0.5) is 34.1 Å². The van der Waals surface area contributed by atoms with Crippen LogP contribution < -0.4 is 26.2 Å². The number of rotatable bonds is 11. The normalized spacial score (nSPS) is 12.2. The van der Waals surface area contributed by atoms with Crippen LogP contribution in [0.1, 0.15) is 0 Å². The quantitative estimate of drug-likeness (QED) is 0.121. The smallest absolute Gasteiger partial charge is 0.252 e. The van der Waals surface area contributed by atoms with Crippen molar-refractivity contribution in [1.29, 1.82) is 0 Å². The average molecular weight is 1200 g/mol.